The average Bonchev–Trinajstić information content (AvgIpc) is 2.94. The first kappa shape index (κ1) is 16.2. The van der Waals surface area contributed by atoms with Gasteiger partial charge in [-0.3, -0.25) is 4.79 Å². The van der Waals surface area contributed by atoms with Crippen LogP contribution in [-0.2, 0) is 4.74 Å². The van der Waals surface area contributed by atoms with Gasteiger partial charge in [-0.25, -0.2) is 14.8 Å². The van der Waals surface area contributed by atoms with E-state index in [-0.39, 0.29) is 23.3 Å². The second kappa shape index (κ2) is 6.29. The summed E-state index contributed by atoms with van der Waals surface area (Å²) in [7, 11) is 1.45. The second-order valence-electron chi connectivity index (χ2n) is 6.19. The number of carbonyl (C=O) groups is 2. The van der Waals surface area contributed by atoms with E-state index in [1.54, 1.807) is 4.90 Å². The highest BCUT2D eigenvalue weighted by atomic mass is 16.6. The third-order valence-electron chi connectivity index (χ3n) is 3.30. The molecule has 1 fully saturated rings. The van der Waals surface area contributed by atoms with Gasteiger partial charge in [-0.15, -0.1) is 0 Å². The lowest BCUT2D eigenvalue weighted by atomic mass is 10.0. The highest BCUT2D eigenvalue weighted by Gasteiger charge is 2.35. The lowest BCUT2D eigenvalue weighted by Gasteiger charge is -2.24. The lowest BCUT2D eigenvalue weighted by molar-refractivity contribution is 0.0289. The minimum Gasteiger partial charge on any atom is -0.479 e. The van der Waals surface area contributed by atoms with Crippen LogP contribution in [0.2, 0.25) is 0 Å². The fraction of sp³-hybridized carbons (Fsp3) is 0.600. The Kier molecular flexibility index (Phi) is 4.63. The Balaban J connectivity index is 2.04. The van der Waals surface area contributed by atoms with Crippen LogP contribution >= 0.6 is 0 Å². The van der Waals surface area contributed by atoms with Gasteiger partial charge < -0.3 is 14.4 Å². The number of nitrogens with zero attached hydrogens (tertiary/aromatic N) is 3. The van der Waals surface area contributed by atoms with Crippen LogP contribution in [-0.4, -0.2) is 52.5 Å². The van der Waals surface area contributed by atoms with Gasteiger partial charge in [0.2, 0.25) is 5.88 Å². The van der Waals surface area contributed by atoms with Gasteiger partial charge in [0.15, 0.2) is 11.5 Å². The Hall–Kier alpha value is -2.18. The zero-order chi connectivity index (χ0) is 16.3. The molecule has 1 unspecified atom stereocenters. The van der Waals surface area contributed by atoms with Crippen LogP contribution in [0.4, 0.5) is 4.79 Å². The van der Waals surface area contributed by atoms with Crippen molar-refractivity contribution in [3.05, 3.63) is 18.1 Å². The third-order valence-corrected chi connectivity index (χ3v) is 3.30. The van der Waals surface area contributed by atoms with E-state index in [9.17, 15) is 9.59 Å². The van der Waals surface area contributed by atoms with Gasteiger partial charge in [-0.1, -0.05) is 0 Å². The third kappa shape index (κ3) is 3.72. The molecule has 120 valence electrons. The van der Waals surface area contributed by atoms with E-state index in [4.69, 9.17) is 9.47 Å². The zero-order valence-electron chi connectivity index (χ0n) is 13.3. The minimum atomic E-state index is -0.548. The van der Waals surface area contributed by atoms with Gasteiger partial charge in [0.1, 0.15) is 5.60 Å². The first-order valence-electron chi connectivity index (χ1n) is 7.19. The molecule has 0 bridgehead atoms. The predicted molar refractivity (Wildman–Crippen MR) is 78.8 cm³/mol. The summed E-state index contributed by atoms with van der Waals surface area (Å²) in [5.41, 5.74) is -0.339. The molecule has 1 aliphatic rings. The van der Waals surface area contributed by atoms with Gasteiger partial charge in [-0.05, 0) is 27.2 Å². The Bertz CT molecular complexity index is 568. The van der Waals surface area contributed by atoms with Gasteiger partial charge in [0.25, 0.3) is 0 Å². The SMILES string of the molecule is COc1nccnc1C(=O)C1CCN(C(=O)OC(C)(C)C)C1. The highest BCUT2D eigenvalue weighted by Crippen LogP contribution is 2.24. The summed E-state index contributed by atoms with van der Waals surface area (Å²) < 4.78 is 10.4. The topological polar surface area (TPSA) is 81.6 Å². The van der Waals surface area contributed by atoms with Crippen molar-refractivity contribution in [2.75, 3.05) is 20.2 Å². The fourth-order valence-electron chi connectivity index (χ4n) is 2.30. The van der Waals surface area contributed by atoms with Crippen molar-refractivity contribution in [3.8, 4) is 5.88 Å². The van der Waals surface area contributed by atoms with Crippen molar-refractivity contribution in [1.82, 2.24) is 14.9 Å². The molecule has 22 heavy (non-hydrogen) atoms. The van der Waals surface area contributed by atoms with Crippen LogP contribution in [0.3, 0.4) is 0 Å². The normalized spacial score (nSPS) is 18.2. The molecule has 0 saturated carbocycles. The van der Waals surface area contributed by atoms with Crippen molar-refractivity contribution in [1.29, 1.82) is 0 Å². The van der Waals surface area contributed by atoms with Gasteiger partial charge in [0, 0.05) is 31.4 Å². The van der Waals surface area contributed by atoms with Crippen LogP contribution in [0.25, 0.3) is 0 Å². The first-order chi connectivity index (χ1) is 10.3. The van der Waals surface area contributed by atoms with Crippen molar-refractivity contribution in [2.24, 2.45) is 5.92 Å². The Labute approximate surface area is 129 Å². The molecular weight excluding hydrogens is 286 g/mol. The number of ketones is 1. The average molecular weight is 307 g/mol. The van der Waals surface area contributed by atoms with Crippen LogP contribution < -0.4 is 4.74 Å². The first-order valence-corrected chi connectivity index (χ1v) is 7.19. The number of rotatable bonds is 3. The molecule has 2 heterocycles. The van der Waals surface area contributed by atoms with Crippen LogP contribution in [0.5, 0.6) is 5.88 Å². The Morgan fingerprint density at radius 1 is 1.27 bits per heavy atom. The Morgan fingerprint density at radius 2 is 1.95 bits per heavy atom. The van der Waals surface area contributed by atoms with Gasteiger partial charge in [0.05, 0.1) is 7.11 Å². The number of hydrogen-bond acceptors (Lipinski definition) is 6. The summed E-state index contributed by atoms with van der Waals surface area (Å²) in [4.78, 5) is 34.1. The molecule has 0 N–H and O–H groups in total. The number of carbonyl (C=O) groups excluding carboxylic acids is 2. The maximum Gasteiger partial charge on any atom is 0.410 e. The number of aromatic nitrogens is 2. The number of amides is 1. The van der Waals surface area contributed by atoms with E-state index >= 15 is 0 Å². The fourth-order valence-corrected chi connectivity index (χ4v) is 2.30. The summed E-state index contributed by atoms with van der Waals surface area (Å²) >= 11 is 0. The monoisotopic (exact) mass is 307 g/mol. The molecule has 1 amide bonds. The molecule has 2 rings (SSSR count). The molecule has 1 aromatic heterocycles. The van der Waals surface area contributed by atoms with E-state index in [1.165, 1.54) is 19.5 Å². The Morgan fingerprint density at radius 3 is 2.59 bits per heavy atom. The zero-order valence-corrected chi connectivity index (χ0v) is 13.3. The summed E-state index contributed by atoms with van der Waals surface area (Å²) in [6, 6.07) is 0. The minimum absolute atomic E-state index is 0.156. The molecule has 1 aromatic rings. The standard InChI is InChI=1S/C15H21N3O4/c1-15(2,3)22-14(20)18-8-5-10(9-18)12(19)11-13(21-4)17-7-6-16-11/h6-7,10H,5,8-9H2,1-4H3. The van der Waals surface area contributed by atoms with E-state index < -0.39 is 11.7 Å². The highest BCUT2D eigenvalue weighted by molar-refractivity contribution is 5.98. The maximum atomic E-state index is 12.5. The number of likely N-dealkylation sites (tertiary alicyclic amines) is 1. The van der Waals surface area contributed by atoms with Crippen molar-refractivity contribution in [2.45, 2.75) is 32.8 Å². The largest absolute Gasteiger partial charge is 0.479 e. The van der Waals surface area contributed by atoms with Crippen molar-refractivity contribution in [3.63, 3.8) is 0 Å². The molecule has 1 saturated heterocycles. The lowest BCUT2D eigenvalue weighted by Crippen LogP contribution is -2.36. The molecular formula is C15H21N3O4. The van der Waals surface area contributed by atoms with Crippen molar-refractivity contribution < 1.29 is 19.1 Å². The van der Waals surface area contributed by atoms with Crippen molar-refractivity contribution >= 4 is 11.9 Å². The van der Waals surface area contributed by atoms with Gasteiger partial charge in [-0.2, -0.15) is 0 Å². The molecule has 0 radical (unpaired) electrons. The van der Waals surface area contributed by atoms with Crippen LogP contribution in [0.15, 0.2) is 12.4 Å². The quantitative estimate of drug-likeness (QED) is 0.794. The molecule has 0 aromatic carbocycles. The molecule has 7 heteroatoms. The predicted octanol–water partition coefficient (Wildman–Crippen LogP) is 1.92. The second-order valence-corrected chi connectivity index (χ2v) is 6.19. The number of methoxy groups -OCH3 is 1. The van der Waals surface area contributed by atoms with E-state index in [1.807, 2.05) is 20.8 Å². The van der Waals surface area contributed by atoms with E-state index in [2.05, 4.69) is 9.97 Å². The van der Waals surface area contributed by atoms with Crippen LogP contribution in [0, 0.1) is 5.92 Å². The maximum absolute atomic E-state index is 12.5. The van der Waals surface area contributed by atoms with E-state index in [0.717, 1.165) is 0 Å². The molecule has 7 nitrogen and oxygen atoms in total. The summed E-state index contributed by atoms with van der Waals surface area (Å²) in [6.45, 7) is 6.26. The van der Waals surface area contributed by atoms with Gasteiger partial charge >= 0.3 is 6.09 Å². The number of Topliss-reactive ketones (excluding diaryl/α,β-unsaturated/α-hetero) is 1. The van der Waals surface area contributed by atoms with E-state index in [0.29, 0.717) is 19.5 Å². The van der Waals surface area contributed by atoms with Crippen LogP contribution in [0.1, 0.15) is 37.7 Å². The summed E-state index contributed by atoms with van der Waals surface area (Å²) in [6.07, 6.45) is 3.11. The summed E-state index contributed by atoms with van der Waals surface area (Å²) in [5.74, 6) is -0.252. The number of hydrogen-bond donors (Lipinski definition) is 0. The molecule has 0 spiro atoms. The molecule has 0 aliphatic carbocycles. The number of ether oxygens (including phenoxy) is 2. The summed E-state index contributed by atoms with van der Waals surface area (Å²) in [5, 5.41) is 0. The smallest absolute Gasteiger partial charge is 0.410 e. The molecule has 1 atom stereocenters. The molecule has 1 aliphatic heterocycles.